The van der Waals surface area contributed by atoms with E-state index in [1.54, 1.807) is 6.20 Å². The van der Waals surface area contributed by atoms with E-state index in [-0.39, 0.29) is 6.04 Å². The van der Waals surface area contributed by atoms with E-state index in [4.69, 9.17) is 5.26 Å². The topological polar surface area (TPSA) is 44.9 Å². The average molecular weight is 190 g/mol. The van der Waals surface area contributed by atoms with Crippen LogP contribution >= 0.6 is 0 Å². The zero-order valence-corrected chi connectivity index (χ0v) is 8.13. The smallest absolute Gasteiger partial charge is 0.0978 e. The molecule has 1 atom stereocenters. The molecular weight excluding hydrogens is 176 g/mol. The van der Waals surface area contributed by atoms with Gasteiger partial charge in [-0.25, -0.2) is 4.98 Å². The van der Waals surface area contributed by atoms with Gasteiger partial charge < -0.3 is 4.57 Å². The van der Waals surface area contributed by atoms with Gasteiger partial charge in [0.25, 0.3) is 0 Å². The summed E-state index contributed by atoms with van der Waals surface area (Å²) < 4.78 is 2.05. The second-order valence-electron chi connectivity index (χ2n) is 3.62. The summed E-state index contributed by atoms with van der Waals surface area (Å²) in [4.78, 5) is 6.24. The molecule has 0 N–H and O–H groups in total. The molecule has 74 valence electrons. The summed E-state index contributed by atoms with van der Waals surface area (Å²) in [7, 11) is 0. The van der Waals surface area contributed by atoms with Crippen LogP contribution in [0.2, 0.25) is 0 Å². The SMILES string of the molecule is N#CC1CCCN1CCn1ccnc1. The maximum absolute atomic E-state index is 8.88. The number of nitrogens with zero attached hydrogens (tertiary/aromatic N) is 4. The highest BCUT2D eigenvalue weighted by molar-refractivity contribution is 4.95. The van der Waals surface area contributed by atoms with E-state index in [9.17, 15) is 0 Å². The van der Waals surface area contributed by atoms with Gasteiger partial charge in [0.05, 0.1) is 18.4 Å². The summed E-state index contributed by atoms with van der Waals surface area (Å²) >= 11 is 0. The van der Waals surface area contributed by atoms with Gasteiger partial charge in [0.15, 0.2) is 0 Å². The highest BCUT2D eigenvalue weighted by Crippen LogP contribution is 2.15. The Hall–Kier alpha value is -1.34. The zero-order chi connectivity index (χ0) is 9.80. The quantitative estimate of drug-likeness (QED) is 0.710. The summed E-state index contributed by atoms with van der Waals surface area (Å²) in [5.74, 6) is 0. The van der Waals surface area contributed by atoms with Gasteiger partial charge >= 0.3 is 0 Å². The minimum Gasteiger partial charge on any atom is -0.336 e. The molecule has 14 heavy (non-hydrogen) atoms. The van der Waals surface area contributed by atoms with Crippen LogP contribution in [0.15, 0.2) is 18.7 Å². The second kappa shape index (κ2) is 4.25. The first-order valence-corrected chi connectivity index (χ1v) is 4.99. The van der Waals surface area contributed by atoms with Crippen LogP contribution in [-0.4, -0.2) is 33.6 Å². The zero-order valence-electron chi connectivity index (χ0n) is 8.13. The van der Waals surface area contributed by atoms with Gasteiger partial charge in [0, 0.05) is 25.5 Å². The summed E-state index contributed by atoms with van der Waals surface area (Å²) in [6.07, 6.45) is 7.74. The van der Waals surface area contributed by atoms with Gasteiger partial charge in [-0.05, 0) is 19.4 Å². The van der Waals surface area contributed by atoms with E-state index in [0.717, 1.165) is 32.5 Å². The van der Waals surface area contributed by atoms with E-state index in [2.05, 4.69) is 16.0 Å². The molecule has 1 aromatic rings. The number of hydrogen-bond donors (Lipinski definition) is 0. The van der Waals surface area contributed by atoms with E-state index in [0.29, 0.717) is 0 Å². The van der Waals surface area contributed by atoms with Crippen LogP contribution in [0.1, 0.15) is 12.8 Å². The number of imidazole rings is 1. The number of hydrogen-bond acceptors (Lipinski definition) is 3. The Labute approximate surface area is 83.8 Å². The van der Waals surface area contributed by atoms with Crippen LogP contribution in [0, 0.1) is 11.3 Å². The highest BCUT2D eigenvalue weighted by atomic mass is 15.2. The maximum Gasteiger partial charge on any atom is 0.0978 e. The van der Waals surface area contributed by atoms with Gasteiger partial charge in [0.1, 0.15) is 0 Å². The summed E-state index contributed by atoms with van der Waals surface area (Å²) in [5, 5.41) is 8.88. The predicted octanol–water partition coefficient (Wildman–Crippen LogP) is 0.871. The third-order valence-electron chi connectivity index (χ3n) is 2.72. The standard InChI is InChI=1S/C10H14N4/c11-8-10-2-1-4-14(10)7-6-13-5-3-12-9-13/h3,5,9-10H,1-2,4,6-7H2. The number of likely N-dealkylation sites (tertiary alicyclic amines) is 1. The molecule has 1 unspecified atom stereocenters. The van der Waals surface area contributed by atoms with E-state index >= 15 is 0 Å². The molecule has 0 bridgehead atoms. The lowest BCUT2D eigenvalue weighted by molar-refractivity contribution is 0.282. The first kappa shape index (κ1) is 9.22. The molecular formula is C10H14N4. The van der Waals surface area contributed by atoms with Crippen molar-refractivity contribution in [1.82, 2.24) is 14.5 Å². The molecule has 0 radical (unpaired) electrons. The summed E-state index contributed by atoms with van der Waals surface area (Å²) in [5.41, 5.74) is 0. The third kappa shape index (κ3) is 1.94. The van der Waals surface area contributed by atoms with Crippen molar-refractivity contribution in [3.63, 3.8) is 0 Å². The fourth-order valence-corrected chi connectivity index (χ4v) is 1.90. The van der Waals surface area contributed by atoms with Crippen molar-refractivity contribution >= 4 is 0 Å². The minimum absolute atomic E-state index is 0.138. The Bertz CT molecular complexity index is 311. The van der Waals surface area contributed by atoms with Gasteiger partial charge in [-0.3, -0.25) is 4.90 Å². The molecule has 2 rings (SSSR count). The minimum atomic E-state index is 0.138. The van der Waals surface area contributed by atoms with Crippen LogP contribution in [0.3, 0.4) is 0 Å². The van der Waals surface area contributed by atoms with Crippen molar-refractivity contribution in [1.29, 1.82) is 5.26 Å². The van der Waals surface area contributed by atoms with Gasteiger partial charge in [-0.2, -0.15) is 5.26 Å². The van der Waals surface area contributed by atoms with Gasteiger partial charge in [0.2, 0.25) is 0 Å². The lowest BCUT2D eigenvalue weighted by Crippen LogP contribution is -2.31. The molecule has 0 saturated carbocycles. The third-order valence-corrected chi connectivity index (χ3v) is 2.72. The Morgan fingerprint density at radius 2 is 2.43 bits per heavy atom. The molecule has 1 saturated heterocycles. The largest absolute Gasteiger partial charge is 0.336 e. The molecule has 1 aliphatic heterocycles. The monoisotopic (exact) mass is 190 g/mol. The molecule has 1 fully saturated rings. The molecule has 0 aromatic carbocycles. The van der Waals surface area contributed by atoms with Gasteiger partial charge in [-0.1, -0.05) is 0 Å². The Morgan fingerprint density at radius 1 is 1.50 bits per heavy atom. The Kier molecular flexibility index (Phi) is 2.80. The second-order valence-corrected chi connectivity index (χ2v) is 3.62. The lowest BCUT2D eigenvalue weighted by atomic mass is 10.2. The molecule has 0 aliphatic carbocycles. The van der Waals surface area contributed by atoms with Crippen LogP contribution in [-0.2, 0) is 6.54 Å². The van der Waals surface area contributed by atoms with Crippen molar-refractivity contribution in [2.75, 3.05) is 13.1 Å². The molecule has 0 spiro atoms. The molecule has 0 amide bonds. The first-order chi connectivity index (χ1) is 6.90. The van der Waals surface area contributed by atoms with Gasteiger partial charge in [-0.15, -0.1) is 0 Å². The van der Waals surface area contributed by atoms with E-state index in [1.807, 2.05) is 17.1 Å². The average Bonchev–Trinajstić information content (AvgIpc) is 2.85. The number of rotatable bonds is 3. The molecule has 4 heteroatoms. The van der Waals surface area contributed by atoms with Crippen molar-refractivity contribution in [2.45, 2.75) is 25.4 Å². The molecule has 1 aliphatic rings. The van der Waals surface area contributed by atoms with Crippen molar-refractivity contribution in [2.24, 2.45) is 0 Å². The molecule has 2 heterocycles. The Morgan fingerprint density at radius 3 is 3.14 bits per heavy atom. The van der Waals surface area contributed by atoms with Crippen molar-refractivity contribution in [3.8, 4) is 6.07 Å². The van der Waals surface area contributed by atoms with Crippen LogP contribution in [0.5, 0.6) is 0 Å². The normalized spacial score (nSPS) is 22.4. The van der Waals surface area contributed by atoms with Crippen LogP contribution in [0.25, 0.3) is 0 Å². The number of aromatic nitrogens is 2. The van der Waals surface area contributed by atoms with Crippen LogP contribution < -0.4 is 0 Å². The predicted molar refractivity (Wildman–Crippen MR) is 52.4 cm³/mol. The maximum atomic E-state index is 8.88. The Balaban J connectivity index is 1.83. The summed E-state index contributed by atoms with van der Waals surface area (Å²) in [6, 6.07) is 2.48. The van der Waals surface area contributed by atoms with Crippen molar-refractivity contribution < 1.29 is 0 Å². The van der Waals surface area contributed by atoms with E-state index < -0.39 is 0 Å². The van der Waals surface area contributed by atoms with Crippen molar-refractivity contribution in [3.05, 3.63) is 18.7 Å². The lowest BCUT2D eigenvalue weighted by Gasteiger charge is -2.18. The fraction of sp³-hybridized carbons (Fsp3) is 0.600. The fourth-order valence-electron chi connectivity index (χ4n) is 1.90. The van der Waals surface area contributed by atoms with Crippen LogP contribution in [0.4, 0.5) is 0 Å². The highest BCUT2D eigenvalue weighted by Gasteiger charge is 2.23. The first-order valence-electron chi connectivity index (χ1n) is 4.99. The van der Waals surface area contributed by atoms with E-state index in [1.165, 1.54) is 0 Å². The molecule has 4 nitrogen and oxygen atoms in total. The number of nitriles is 1. The molecule has 1 aromatic heterocycles. The summed E-state index contributed by atoms with van der Waals surface area (Å²) in [6.45, 7) is 2.94.